The summed E-state index contributed by atoms with van der Waals surface area (Å²) in [6.45, 7) is 10.3. The first-order valence-electron chi connectivity index (χ1n) is 9.07. The fraction of sp³-hybridized carbons (Fsp3) is 0.526. The first kappa shape index (κ1) is 22.2. The summed E-state index contributed by atoms with van der Waals surface area (Å²) in [4.78, 5) is 11.6. The largest absolute Gasteiger partial charge is 0.493 e. The third kappa shape index (κ3) is 9.60. The van der Waals surface area contributed by atoms with Crippen LogP contribution in [-0.4, -0.2) is 48.3 Å². The summed E-state index contributed by atoms with van der Waals surface area (Å²) in [6.07, 6.45) is 2.78. The predicted octanol–water partition coefficient (Wildman–Crippen LogP) is 3.78. The van der Waals surface area contributed by atoms with Gasteiger partial charge in [0.25, 0.3) is 0 Å². The zero-order valence-corrected chi connectivity index (χ0v) is 16.8. The first-order valence-corrected chi connectivity index (χ1v) is 10.6. The molecule has 1 rings (SSSR count). The highest BCUT2D eigenvalue weighted by molar-refractivity contribution is 6.44. The zero-order valence-electron chi connectivity index (χ0n) is 15.8. The number of hydrogen-bond acceptors (Lipinski definition) is 5. The van der Waals surface area contributed by atoms with Gasteiger partial charge in [0.2, 0.25) is 0 Å². The Morgan fingerprint density at radius 3 is 2.58 bits per heavy atom. The molecule has 0 fully saturated rings. The molecule has 0 unspecified atom stereocenters. The van der Waals surface area contributed by atoms with Crippen molar-refractivity contribution >= 4 is 21.5 Å². The monoisotopic (exact) mass is 380 g/mol. The van der Waals surface area contributed by atoms with E-state index in [1.54, 1.807) is 6.08 Å². The van der Waals surface area contributed by atoms with Crippen LogP contribution in [0.2, 0.25) is 6.04 Å². The summed E-state index contributed by atoms with van der Waals surface area (Å²) in [5.74, 6) is 0.785. The minimum atomic E-state index is -1.22. The van der Waals surface area contributed by atoms with Crippen molar-refractivity contribution in [3.63, 3.8) is 0 Å². The van der Waals surface area contributed by atoms with Gasteiger partial charge < -0.3 is 23.6 Å². The molecule has 1 aromatic carbocycles. The summed E-state index contributed by atoms with van der Waals surface area (Å²) in [6, 6.07) is 8.52. The number of para-hydroxylation sites is 1. The second-order valence-electron chi connectivity index (χ2n) is 5.35. The molecule has 0 saturated heterocycles. The maximum atomic E-state index is 11.6. The molecule has 0 aliphatic heterocycles. The fourth-order valence-electron chi connectivity index (χ4n) is 2.17. The maximum Gasteiger partial charge on any atom is 0.407 e. The summed E-state index contributed by atoms with van der Waals surface area (Å²) in [5.41, 5.74) is 0.950. The fourth-order valence-corrected chi connectivity index (χ4v) is 3.65. The van der Waals surface area contributed by atoms with Gasteiger partial charge in [0.1, 0.15) is 5.75 Å². The smallest absolute Gasteiger partial charge is 0.407 e. The van der Waals surface area contributed by atoms with Gasteiger partial charge >= 0.3 is 15.4 Å². The Bertz CT molecular complexity index is 520. The Labute approximate surface area is 158 Å². The number of carbonyl (C=O) groups excluding carboxylic acids is 1. The van der Waals surface area contributed by atoms with Crippen molar-refractivity contribution in [2.45, 2.75) is 32.7 Å². The molecule has 1 radical (unpaired) electrons. The molecule has 0 spiro atoms. The van der Waals surface area contributed by atoms with Gasteiger partial charge in [0, 0.05) is 31.7 Å². The number of hydrogen-bond donors (Lipinski definition) is 1. The highest BCUT2D eigenvalue weighted by Crippen LogP contribution is 2.18. The number of ether oxygens (including phenoxy) is 2. The summed E-state index contributed by atoms with van der Waals surface area (Å²) < 4.78 is 21.9. The number of alkyl carbamates (subject to hydrolysis) is 1. The third-order valence-electron chi connectivity index (χ3n) is 3.36. The van der Waals surface area contributed by atoms with Crippen LogP contribution < -0.4 is 10.1 Å². The van der Waals surface area contributed by atoms with Crippen LogP contribution in [0, 0.1) is 0 Å². The summed E-state index contributed by atoms with van der Waals surface area (Å²) in [7, 11) is -1.22. The second-order valence-corrected chi connectivity index (χ2v) is 7.17. The van der Waals surface area contributed by atoms with Crippen LogP contribution in [0.25, 0.3) is 6.08 Å². The molecule has 0 saturated carbocycles. The van der Waals surface area contributed by atoms with Crippen molar-refractivity contribution in [3.8, 4) is 5.75 Å². The van der Waals surface area contributed by atoms with Crippen LogP contribution in [0.3, 0.4) is 0 Å². The van der Waals surface area contributed by atoms with Crippen molar-refractivity contribution in [1.29, 1.82) is 0 Å². The Balaban J connectivity index is 2.07. The van der Waals surface area contributed by atoms with Crippen molar-refractivity contribution in [2.24, 2.45) is 0 Å². The van der Waals surface area contributed by atoms with Crippen LogP contribution in [0.1, 0.15) is 32.3 Å². The molecule has 7 heteroatoms. The van der Waals surface area contributed by atoms with E-state index >= 15 is 0 Å². The number of carbonyl (C=O) groups is 1. The van der Waals surface area contributed by atoms with E-state index in [0.29, 0.717) is 39.4 Å². The van der Waals surface area contributed by atoms with E-state index in [9.17, 15) is 4.79 Å². The highest BCUT2D eigenvalue weighted by Gasteiger charge is 2.14. The lowest BCUT2D eigenvalue weighted by Crippen LogP contribution is -2.28. The Hall–Kier alpha value is -1.83. The summed E-state index contributed by atoms with van der Waals surface area (Å²) in [5, 5.41) is 2.74. The molecule has 1 amide bonds. The van der Waals surface area contributed by atoms with Crippen molar-refractivity contribution in [1.82, 2.24) is 5.32 Å². The molecule has 145 valence electrons. The van der Waals surface area contributed by atoms with Crippen molar-refractivity contribution < 1.29 is 23.1 Å². The molecule has 0 aliphatic rings. The minimum absolute atomic E-state index is 0.315. The van der Waals surface area contributed by atoms with Crippen LogP contribution in [0.4, 0.5) is 4.79 Å². The lowest BCUT2D eigenvalue weighted by molar-refractivity contribution is 0.137. The Morgan fingerprint density at radius 1 is 1.15 bits per heavy atom. The quantitative estimate of drug-likeness (QED) is 0.393. The highest BCUT2D eigenvalue weighted by atomic mass is 28.3. The Morgan fingerprint density at radius 2 is 1.88 bits per heavy atom. The van der Waals surface area contributed by atoms with E-state index in [-0.39, 0.29) is 0 Å². The van der Waals surface area contributed by atoms with Gasteiger partial charge in [0.15, 0.2) is 0 Å². The molecular formula is C19H30NO5Si. The van der Waals surface area contributed by atoms with E-state index in [1.807, 2.05) is 38.1 Å². The number of amides is 1. The lowest BCUT2D eigenvalue weighted by Gasteiger charge is -2.13. The predicted molar refractivity (Wildman–Crippen MR) is 104 cm³/mol. The molecular weight excluding hydrogens is 350 g/mol. The van der Waals surface area contributed by atoms with Crippen molar-refractivity contribution in [3.05, 3.63) is 36.4 Å². The Kier molecular flexibility index (Phi) is 12.3. The van der Waals surface area contributed by atoms with Crippen molar-refractivity contribution in [2.75, 3.05) is 33.0 Å². The van der Waals surface area contributed by atoms with E-state index in [0.717, 1.165) is 23.8 Å². The maximum absolute atomic E-state index is 11.6. The molecule has 6 nitrogen and oxygen atoms in total. The molecule has 1 N–H and O–H groups in total. The second kappa shape index (κ2) is 14.3. The van der Waals surface area contributed by atoms with Gasteiger partial charge in [-0.3, -0.25) is 0 Å². The van der Waals surface area contributed by atoms with Crippen LogP contribution in [0.5, 0.6) is 5.75 Å². The molecule has 0 bridgehead atoms. The normalized spacial score (nSPS) is 10.6. The van der Waals surface area contributed by atoms with Crippen LogP contribution in [0.15, 0.2) is 30.8 Å². The first-order chi connectivity index (χ1) is 12.7. The van der Waals surface area contributed by atoms with E-state index < -0.39 is 15.4 Å². The van der Waals surface area contributed by atoms with Crippen LogP contribution in [-0.2, 0) is 13.6 Å². The van der Waals surface area contributed by atoms with E-state index in [1.165, 1.54) is 0 Å². The van der Waals surface area contributed by atoms with Gasteiger partial charge in [-0.2, -0.15) is 0 Å². The third-order valence-corrected chi connectivity index (χ3v) is 5.34. The summed E-state index contributed by atoms with van der Waals surface area (Å²) >= 11 is 0. The van der Waals surface area contributed by atoms with Gasteiger partial charge in [0.05, 0.1) is 13.2 Å². The average Bonchev–Trinajstić information content (AvgIpc) is 2.65. The molecule has 1 aromatic rings. The molecule has 0 heterocycles. The standard InChI is InChI=1S/C19H30NO5Si/c1-4-17-11-7-8-12-18(17)22-14-10-15-23-19(21)20-13-9-16-26(24-5-2)25-6-3/h4,7-8,11-12H,1,5-6,9-10,13-16H2,2-3H3,(H,20,21). The SMILES string of the molecule is C=Cc1ccccc1OCCCOC(=O)NCCC[Si](OCC)OCC. The molecule has 26 heavy (non-hydrogen) atoms. The van der Waals surface area contributed by atoms with Gasteiger partial charge in [-0.05, 0) is 32.4 Å². The number of benzene rings is 1. The average molecular weight is 381 g/mol. The van der Waals surface area contributed by atoms with Gasteiger partial charge in [-0.15, -0.1) is 0 Å². The van der Waals surface area contributed by atoms with Gasteiger partial charge in [-0.1, -0.05) is 30.9 Å². The van der Waals surface area contributed by atoms with E-state index in [2.05, 4.69) is 11.9 Å². The zero-order chi connectivity index (χ0) is 19.0. The molecule has 0 aliphatic carbocycles. The molecule has 0 atom stereocenters. The minimum Gasteiger partial charge on any atom is -0.493 e. The molecule has 0 aromatic heterocycles. The topological polar surface area (TPSA) is 66.0 Å². The lowest BCUT2D eigenvalue weighted by atomic mass is 10.2. The number of rotatable bonds is 14. The van der Waals surface area contributed by atoms with Gasteiger partial charge in [-0.25, -0.2) is 4.79 Å². The van der Waals surface area contributed by atoms with Crippen LogP contribution >= 0.6 is 0 Å². The number of nitrogens with one attached hydrogen (secondary N) is 1. The van der Waals surface area contributed by atoms with E-state index in [4.69, 9.17) is 18.3 Å².